The van der Waals surface area contributed by atoms with Crippen LogP contribution in [0.2, 0.25) is 0 Å². The molecule has 2 aromatic rings. The maximum Gasteiger partial charge on any atom is 0.261 e. The number of carbonyl (C=O) groups is 4. The minimum atomic E-state index is -0.689. The van der Waals surface area contributed by atoms with E-state index in [1.807, 2.05) is 20.8 Å². The Labute approximate surface area is 205 Å². The second kappa shape index (κ2) is 11.7. The number of benzene rings is 2. The number of amides is 4. The smallest absolute Gasteiger partial charge is 0.261 e. The van der Waals surface area contributed by atoms with Crippen molar-refractivity contribution >= 4 is 23.6 Å². The lowest BCUT2D eigenvalue weighted by atomic mass is 10.1. The SMILES string of the molecule is CC[C@H](C(=O)NCC(C)C)N(Cc1ccc(F)cc1)C(=O)CCCN1C(=O)c2ccccc2C1=O. The van der Waals surface area contributed by atoms with Gasteiger partial charge in [-0.3, -0.25) is 24.1 Å². The molecular weight excluding hydrogens is 449 g/mol. The predicted octanol–water partition coefficient (Wildman–Crippen LogP) is 3.78. The molecule has 35 heavy (non-hydrogen) atoms. The van der Waals surface area contributed by atoms with Crippen LogP contribution in [0.15, 0.2) is 48.5 Å². The number of rotatable bonds is 11. The minimum Gasteiger partial charge on any atom is -0.354 e. The zero-order valence-corrected chi connectivity index (χ0v) is 20.4. The number of nitrogens with one attached hydrogen (secondary N) is 1. The first-order valence-electron chi connectivity index (χ1n) is 12.0. The van der Waals surface area contributed by atoms with E-state index < -0.39 is 6.04 Å². The number of carbonyl (C=O) groups excluding carboxylic acids is 4. The van der Waals surface area contributed by atoms with E-state index in [9.17, 15) is 23.6 Å². The number of nitrogens with zero attached hydrogens (tertiary/aromatic N) is 2. The van der Waals surface area contributed by atoms with Crippen LogP contribution in [-0.2, 0) is 16.1 Å². The van der Waals surface area contributed by atoms with Gasteiger partial charge in [-0.2, -0.15) is 0 Å². The molecule has 1 N–H and O–H groups in total. The molecule has 0 fully saturated rings. The fraction of sp³-hybridized carbons (Fsp3) is 0.407. The van der Waals surface area contributed by atoms with Gasteiger partial charge < -0.3 is 10.2 Å². The van der Waals surface area contributed by atoms with E-state index in [0.29, 0.717) is 29.7 Å². The van der Waals surface area contributed by atoms with Gasteiger partial charge in [0.25, 0.3) is 11.8 Å². The van der Waals surface area contributed by atoms with Crippen LogP contribution in [0.4, 0.5) is 4.39 Å². The molecular formula is C27H32FN3O4. The Kier molecular flexibility index (Phi) is 8.73. The lowest BCUT2D eigenvalue weighted by Crippen LogP contribution is -2.49. The van der Waals surface area contributed by atoms with Crippen LogP contribution in [0.5, 0.6) is 0 Å². The summed E-state index contributed by atoms with van der Waals surface area (Å²) >= 11 is 0. The maximum absolute atomic E-state index is 13.4. The third-order valence-corrected chi connectivity index (χ3v) is 5.99. The Morgan fingerprint density at radius 3 is 2.14 bits per heavy atom. The van der Waals surface area contributed by atoms with Crippen LogP contribution in [0.25, 0.3) is 0 Å². The lowest BCUT2D eigenvalue weighted by molar-refractivity contribution is -0.141. The lowest BCUT2D eigenvalue weighted by Gasteiger charge is -2.31. The summed E-state index contributed by atoms with van der Waals surface area (Å²) in [6.07, 6.45) is 0.742. The van der Waals surface area contributed by atoms with Gasteiger partial charge in [-0.1, -0.05) is 45.0 Å². The van der Waals surface area contributed by atoms with E-state index in [-0.39, 0.29) is 61.3 Å². The summed E-state index contributed by atoms with van der Waals surface area (Å²) in [5.41, 5.74) is 1.44. The highest BCUT2D eigenvalue weighted by Gasteiger charge is 2.35. The highest BCUT2D eigenvalue weighted by atomic mass is 19.1. The van der Waals surface area contributed by atoms with E-state index in [0.717, 1.165) is 4.90 Å². The molecule has 0 saturated heterocycles. The first kappa shape index (κ1) is 26.1. The second-order valence-electron chi connectivity index (χ2n) is 9.12. The summed E-state index contributed by atoms with van der Waals surface area (Å²) in [7, 11) is 0. The first-order chi connectivity index (χ1) is 16.7. The third-order valence-electron chi connectivity index (χ3n) is 5.99. The monoisotopic (exact) mass is 481 g/mol. The van der Waals surface area contributed by atoms with E-state index in [4.69, 9.17) is 0 Å². The van der Waals surface area contributed by atoms with Gasteiger partial charge in [-0.15, -0.1) is 0 Å². The molecule has 0 bridgehead atoms. The van der Waals surface area contributed by atoms with E-state index in [1.54, 1.807) is 36.4 Å². The molecule has 0 radical (unpaired) electrons. The normalized spacial score (nSPS) is 13.7. The number of fused-ring (bicyclic) bond motifs is 1. The quantitative estimate of drug-likeness (QED) is 0.495. The van der Waals surface area contributed by atoms with Crippen molar-refractivity contribution in [3.8, 4) is 0 Å². The van der Waals surface area contributed by atoms with Crippen molar-refractivity contribution in [1.82, 2.24) is 15.1 Å². The van der Waals surface area contributed by atoms with Crippen molar-refractivity contribution in [2.24, 2.45) is 5.92 Å². The Balaban J connectivity index is 1.69. The number of imide groups is 1. The van der Waals surface area contributed by atoms with Crippen LogP contribution >= 0.6 is 0 Å². The summed E-state index contributed by atoms with van der Waals surface area (Å²) in [6, 6.07) is 11.8. The molecule has 1 aliphatic rings. The van der Waals surface area contributed by atoms with Crippen LogP contribution in [0.3, 0.4) is 0 Å². The molecule has 0 spiro atoms. The molecule has 2 aromatic carbocycles. The summed E-state index contributed by atoms with van der Waals surface area (Å²) in [4.78, 5) is 54.0. The third kappa shape index (κ3) is 6.32. The highest BCUT2D eigenvalue weighted by molar-refractivity contribution is 6.21. The maximum atomic E-state index is 13.4. The van der Waals surface area contributed by atoms with Crippen LogP contribution in [0.1, 0.15) is 66.3 Å². The van der Waals surface area contributed by atoms with Crippen molar-refractivity contribution in [2.45, 2.75) is 52.6 Å². The standard InChI is InChI=1S/C27H32FN3O4/c1-4-23(25(33)29-16-18(2)3)31(17-19-11-13-20(28)14-12-19)24(32)10-7-15-30-26(34)21-8-5-6-9-22(21)27(30)35/h5-6,8-9,11-14,18,23H,4,7,10,15-17H2,1-3H3,(H,29,33)/t23-/m1/s1. The Morgan fingerprint density at radius 1 is 1.00 bits per heavy atom. The molecule has 0 saturated carbocycles. The second-order valence-corrected chi connectivity index (χ2v) is 9.12. The average Bonchev–Trinajstić information content (AvgIpc) is 3.08. The van der Waals surface area contributed by atoms with Gasteiger partial charge in [-0.05, 0) is 48.6 Å². The van der Waals surface area contributed by atoms with Gasteiger partial charge in [0.2, 0.25) is 11.8 Å². The molecule has 4 amide bonds. The molecule has 8 heteroatoms. The van der Waals surface area contributed by atoms with Crippen molar-refractivity contribution in [2.75, 3.05) is 13.1 Å². The van der Waals surface area contributed by atoms with Gasteiger partial charge in [0.05, 0.1) is 11.1 Å². The number of hydrogen-bond donors (Lipinski definition) is 1. The first-order valence-corrected chi connectivity index (χ1v) is 12.0. The summed E-state index contributed by atoms with van der Waals surface area (Å²) in [5.74, 6) is -1.34. The summed E-state index contributed by atoms with van der Waals surface area (Å²) in [5, 5.41) is 2.90. The van der Waals surface area contributed by atoms with Gasteiger partial charge in [0.1, 0.15) is 11.9 Å². The molecule has 0 unspecified atom stereocenters. The van der Waals surface area contributed by atoms with Crippen LogP contribution < -0.4 is 5.32 Å². The molecule has 186 valence electrons. The molecule has 1 heterocycles. The number of halogens is 1. The van der Waals surface area contributed by atoms with Crippen LogP contribution in [0, 0.1) is 11.7 Å². The zero-order chi connectivity index (χ0) is 25.5. The Bertz CT molecular complexity index is 1050. The fourth-order valence-electron chi connectivity index (χ4n) is 4.10. The molecule has 0 aromatic heterocycles. The van der Waals surface area contributed by atoms with Crippen molar-refractivity contribution in [3.63, 3.8) is 0 Å². The van der Waals surface area contributed by atoms with Gasteiger partial charge in [-0.25, -0.2) is 4.39 Å². The van der Waals surface area contributed by atoms with E-state index in [1.165, 1.54) is 17.0 Å². The molecule has 0 aliphatic carbocycles. The predicted molar refractivity (Wildman–Crippen MR) is 130 cm³/mol. The Morgan fingerprint density at radius 2 is 1.60 bits per heavy atom. The Hall–Kier alpha value is -3.55. The van der Waals surface area contributed by atoms with Crippen LogP contribution in [-0.4, -0.2) is 52.6 Å². The summed E-state index contributed by atoms with van der Waals surface area (Å²) < 4.78 is 13.4. The zero-order valence-electron chi connectivity index (χ0n) is 20.4. The molecule has 1 aliphatic heterocycles. The number of hydrogen-bond acceptors (Lipinski definition) is 4. The summed E-state index contributed by atoms with van der Waals surface area (Å²) in [6.45, 7) is 6.57. The minimum absolute atomic E-state index is 0.0581. The van der Waals surface area contributed by atoms with Crippen molar-refractivity contribution in [1.29, 1.82) is 0 Å². The molecule has 1 atom stereocenters. The van der Waals surface area contributed by atoms with Gasteiger partial charge in [0.15, 0.2) is 0 Å². The largest absolute Gasteiger partial charge is 0.354 e. The van der Waals surface area contributed by atoms with Crippen molar-refractivity contribution < 1.29 is 23.6 Å². The molecule has 3 rings (SSSR count). The van der Waals surface area contributed by atoms with Gasteiger partial charge >= 0.3 is 0 Å². The van der Waals surface area contributed by atoms with E-state index in [2.05, 4.69) is 5.32 Å². The molecule has 7 nitrogen and oxygen atoms in total. The average molecular weight is 482 g/mol. The van der Waals surface area contributed by atoms with Crippen molar-refractivity contribution in [3.05, 3.63) is 71.0 Å². The fourth-order valence-corrected chi connectivity index (χ4v) is 4.10. The van der Waals surface area contributed by atoms with E-state index >= 15 is 0 Å². The highest BCUT2D eigenvalue weighted by Crippen LogP contribution is 2.23. The van der Waals surface area contributed by atoms with Gasteiger partial charge in [0, 0.05) is 26.1 Å². The topological polar surface area (TPSA) is 86.8 Å².